The molecule has 0 unspecified atom stereocenters. The van der Waals surface area contributed by atoms with Gasteiger partial charge >= 0.3 is 11.9 Å². The predicted octanol–water partition coefficient (Wildman–Crippen LogP) is 9.09. The lowest BCUT2D eigenvalue weighted by molar-refractivity contribution is -0.134. The Labute approximate surface area is 216 Å². The normalized spacial score (nSPS) is 11.2. The van der Waals surface area contributed by atoms with Gasteiger partial charge in [0, 0.05) is 34.4 Å². The third-order valence-electron chi connectivity index (χ3n) is 6.82. The van der Waals surface area contributed by atoms with Crippen molar-refractivity contribution in [3.05, 3.63) is 48.0 Å². The average molecular weight is 491 g/mol. The molecule has 0 saturated heterocycles. The Bertz CT molecular complexity index is 1150. The summed E-state index contributed by atoms with van der Waals surface area (Å²) in [7, 11) is 0. The van der Waals surface area contributed by atoms with Gasteiger partial charge in [0.05, 0.1) is 0 Å². The molecule has 3 aromatic rings. The zero-order chi connectivity index (χ0) is 25.8. The summed E-state index contributed by atoms with van der Waals surface area (Å²) >= 11 is 0. The van der Waals surface area contributed by atoms with E-state index in [9.17, 15) is 9.59 Å². The summed E-state index contributed by atoms with van der Waals surface area (Å²) < 4.78 is 11.7. The van der Waals surface area contributed by atoms with Crippen molar-refractivity contribution in [2.75, 3.05) is 0 Å². The third-order valence-corrected chi connectivity index (χ3v) is 6.82. The molecule has 3 rings (SSSR count). The molecule has 0 aliphatic carbocycles. The van der Waals surface area contributed by atoms with Gasteiger partial charge in [-0.1, -0.05) is 115 Å². The van der Waals surface area contributed by atoms with Crippen molar-refractivity contribution in [2.24, 2.45) is 0 Å². The van der Waals surface area contributed by atoms with Crippen LogP contribution in [0.2, 0.25) is 0 Å². The van der Waals surface area contributed by atoms with Gasteiger partial charge in [-0.05, 0) is 24.5 Å². The lowest BCUT2D eigenvalue weighted by Crippen LogP contribution is -2.09. The fraction of sp³-hybridized carbons (Fsp3) is 0.500. The maximum absolute atomic E-state index is 12.3. The molecular weight excluding hydrogens is 448 g/mol. The van der Waals surface area contributed by atoms with Gasteiger partial charge in [-0.15, -0.1) is 0 Å². The van der Waals surface area contributed by atoms with Gasteiger partial charge in [-0.3, -0.25) is 9.59 Å². The first-order valence-corrected chi connectivity index (χ1v) is 14.0. The van der Waals surface area contributed by atoms with E-state index in [2.05, 4.69) is 19.1 Å². The van der Waals surface area contributed by atoms with Crippen LogP contribution >= 0.6 is 0 Å². The molecule has 0 heterocycles. The molecule has 4 heteroatoms. The molecule has 0 amide bonds. The van der Waals surface area contributed by atoms with Crippen molar-refractivity contribution < 1.29 is 19.1 Å². The molecule has 36 heavy (non-hydrogen) atoms. The molecule has 0 aliphatic rings. The summed E-state index contributed by atoms with van der Waals surface area (Å²) in [4.78, 5) is 24.6. The molecule has 0 radical (unpaired) electrons. The number of aryl methyl sites for hydroxylation is 1. The van der Waals surface area contributed by atoms with E-state index >= 15 is 0 Å². The van der Waals surface area contributed by atoms with Crippen LogP contribution in [0.4, 0.5) is 0 Å². The monoisotopic (exact) mass is 490 g/mol. The summed E-state index contributed by atoms with van der Waals surface area (Å²) in [6.07, 6.45) is 14.6. The van der Waals surface area contributed by atoms with Gasteiger partial charge < -0.3 is 9.47 Å². The Morgan fingerprint density at radius 1 is 0.583 bits per heavy atom. The lowest BCUT2D eigenvalue weighted by Gasteiger charge is -2.17. The van der Waals surface area contributed by atoms with Gasteiger partial charge in [0.2, 0.25) is 0 Å². The van der Waals surface area contributed by atoms with Crippen molar-refractivity contribution in [3.63, 3.8) is 0 Å². The topological polar surface area (TPSA) is 52.6 Å². The van der Waals surface area contributed by atoms with Crippen LogP contribution in [0.5, 0.6) is 11.5 Å². The Morgan fingerprint density at radius 3 is 1.58 bits per heavy atom. The number of unbranched alkanes of at least 4 members (excludes halogenated alkanes) is 9. The number of benzene rings is 3. The van der Waals surface area contributed by atoms with Crippen LogP contribution in [0.25, 0.3) is 21.5 Å². The number of rotatable bonds is 15. The second kappa shape index (κ2) is 14.6. The number of carbonyl (C=O) groups is 2. The maximum atomic E-state index is 12.3. The van der Waals surface area contributed by atoms with Gasteiger partial charge in [0.25, 0.3) is 0 Å². The minimum Gasteiger partial charge on any atom is -0.425 e. The van der Waals surface area contributed by atoms with Crippen LogP contribution in [0.15, 0.2) is 42.5 Å². The van der Waals surface area contributed by atoms with E-state index in [1.54, 1.807) is 13.8 Å². The quantitative estimate of drug-likeness (QED) is 0.0922. The van der Waals surface area contributed by atoms with E-state index in [-0.39, 0.29) is 11.9 Å². The predicted molar refractivity (Wildman–Crippen MR) is 149 cm³/mol. The average Bonchev–Trinajstić information content (AvgIpc) is 2.91. The van der Waals surface area contributed by atoms with Crippen LogP contribution < -0.4 is 9.47 Å². The van der Waals surface area contributed by atoms with E-state index in [1.807, 2.05) is 30.3 Å². The van der Waals surface area contributed by atoms with Gasteiger partial charge in [0.15, 0.2) is 0 Å². The van der Waals surface area contributed by atoms with Crippen LogP contribution in [-0.2, 0) is 16.0 Å². The Morgan fingerprint density at radius 2 is 1.06 bits per heavy atom. The third kappa shape index (κ3) is 7.56. The van der Waals surface area contributed by atoms with E-state index in [0.717, 1.165) is 34.4 Å². The number of carbonyl (C=O) groups excluding carboxylic acids is 2. The van der Waals surface area contributed by atoms with Gasteiger partial charge in [-0.25, -0.2) is 0 Å². The molecule has 4 nitrogen and oxygen atoms in total. The van der Waals surface area contributed by atoms with Gasteiger partial charge in [-0.2, -0.15) is 0 Å². The summed E-state index contributed by atoms with van der Waals surface area (Å²) in [6, 6.07) is 13.9. The summed E-state index contributed by atoms with van der Waals surface area (Å²) in [5, 5.41) is 3.16. The molecule has 3 aromatic carbocycles. The second-order valence-corrected chi connectivity index (χ2v) is 9.67. The number of hydrogen-bond donors (Lipinski definition) is 0. The highest BCUT2D eigenvalue weighted by atomic mass is 16.5. The van der Waals surface area contributed by atoms with Crippen LogP contribution in [0, 0.1) is 0 Å². The Kier molecular flexibility index (Phi) is 11.3. The Balaban J connectivity index is 1.79. The van der Waals surface area contributed by atoms with E-state index in [4.69, 9.17) is 9.47 Å². The van der Waals surface area contributed by atoms with E-state index in [1.165, 1.54) is 63.4 Å². The van der Waals surface area contributed by atoms with Crippen molar-refractivity contribution in [3.8, 4) is 11.5 Å². The van der Waals surface area contributed by atoms with E-state index in [0.29, 0.717) is 24.3 Å². The standard InChI is InChI=1S/C32H42O4/c1-4-7-8-9-10-11-12-13-14-15-18-24-21-22-27-28(23-24)32(36-30(34)6-3)26-20-17-16-19-25(26)31(27)35-29(33)5-2/h16-17,19-23H,4-15,18H2,1-3H3. The largest absolute Gasteiger partial charge is 0.425 e. The molecule has 0 N–H and O–H groups in total. The van der Waals surface area contributed by atoms with Crippen LogP contribution in [-0.4, -0.2) is 11.9 Å². The smallest absolute Gasteiger partial charge is 0.310 e. The summed E-state index contributed by atoms with van der Waals surface area (Å²) in [5.41, 5.74) is 1.21. The maximum Gasteiger partial charge on any atom is 0.310 e. The van der Waals surface area contributed by atoms with Crippen LogP contribution in [0.1, 0.15) is 103 Å². The first-order chi connectivity index (χ1) is 17.6. The number of fused-ring (bicyclic) bond motifs is 2. The SMILES string of the molecule is CCCCCCCCCCCCc1ccc2c(OC(=O)CC)c3ccccc3c(OC(=O)CC)c2c1. The number of esters is 2. The van der Waals surface area contributed by atoms with Crippen LogP contribution in [0.3, 0.4) is 0 Å². The molecule has 0 atom stereocenters. The van der Waals surface area contributed by atoms with Crippen molar-refractivity contribution in [1.29, 1.82) is 0 Å². The zero-order valence-electron chi connectivity index (χ0n) is 22.4. The molecule has 0 bridgehead atoms. The summed E-state index contributed by atoms with van der Waals surface area (Å²) in [5.74, 6) is 0.525. The van der Waals surface area contributed by atoms with Gasteiger partial charge in [0.1, 0.15) is 11.5 Å². The van der Waals surface area contributed by atoms with Crippen molar-refractivity contribution in [2.45, 2.75) is 104 Å². The number of ether oxygens (including phenoxy) is 2. The number of hydrogen-bond acceptors (Lipinski definition) is 4. The fourth-order valence-electron chi connectivity index (χ4n) is 4.71. The highest BCUT2D eigenvalue weighted by Gasteiger charge is 2.19. The zero-order valence-corrected chi connectivity index (χ0v) is 22.4. The minimum absolute atomic E-state index is 0.278. The molecular formula is C32H42O4. The molecule has 0 saturated carbocycles. The molecule has 0 spiro atoms. The first-order valence-electron chi connectivity index (χ1n) is 14.0. The highest BCUT2D eigenvalue weighted by Crippen LogP contribution is 2.43. The second-order valence-electron chi connectivity index (χ2n) is 9.67. The fourth-order valence-corrected chi connectivity index (χ4v) is 4.71. The highest BCUT2D eigenvalue weighted by molar-refractivity contribution is 6.12. The molecule has 0 fully saturated rings. The van der Waals surface area contributed by atoms with Crippen molar-refractivity contribution in [1.82, 2.24) is 0 Å². The van der Waals surface area contributed by atoms with Crippen molar-refractivity contribution >= 4 is 33.5 Å². The summed E-state index contributed by atoms with van der Waals surface area (Å²) in [6.45, 7) is 5.84. The first kappa shape index (κ1) is 27.7. The molecule has 194 valence electrons. The Hall–Kier alpha value is -2.88. The van der Waals surface area contributed by atoms with E-state index < -0.39 is 0 Å². The lowest BCUT2D eigenvalue weighted by atomic mass is 9.96. The minimum atomic E-state index is -0.283. The molecule has 0 aliphatic heterocycles. The molecule has 0 aromatic heterocycles.